The predicted molar refractivity (Wildman–Crippen MR) is 104 cm³/mol. The molecule has 1 aromatic carbocycles. The van der Waals surface area contributed by atoms with E-state index in [4.69, 9.17) is 4.74 Å². The second-order valence-electron chi connectivity index (χ2n) is 6.12. The van der Waals surface area contributed by atoms with Crippen molar-refractivity contribution in [2.75, 3.05) is 13.7 Å². The second kappa shape index (κ2) is 7.84. The fourth-order valence-corrected chi connectivity index (χ4v) is 5.20. The van der Waals surface area contributed by atoms with E-state index in [-0.39, 0.29) is 14.8 Å². The van der Waals surface area contributed by atoms with Gasteiger partial charge in [-0.3, -0.25) is 0 Å². The van der Waals surface area contributed by atoms with Crippen molar-refractivity contribution in [3.05, 3.63) is 60.0 Å². The van der Waals surface area contributed by atoms with E-state index in [1.165, 1.54) is 48.5 Å². The van der Waals surface area contributed by atoms with Crippen LogP contribution in [0, 0.1) is 0 Å². The molecule has 11 nitrogen and oxygen atoms in total. The van der Waals surface area contributed by atoms with Crippen molar-refractivity contribution in [2.24, 2.45) is 7.05 Å². The molecule has 0 saturated carbocycles. The maximum atomic E-state index is 13.0. The number of imidazole rings is 1. The van der Waals surface area contributed by atoms with Crippen molar-refractivity contribution in [2.45, 2.75) is 9.92 Å². The summed E-state index contributed by atoms with van der Waals surface area (Å²) in [6.45, 7) is -0.515. The van der Waals surface area contributed by atoms with Crippen LogP contribution in [0.4, 0.5) is 4.79 Å². The third-order valence-corrected chi connectivity index (χ3v) is 7.52. The summed E-state index contributed by atoms with van der Waals surface area (Å²) in [5.41, 5.74) is 0. The van der Waals surface area contributed by atoms with Crippen LogP contribution in [0.5, 0.6) is 5.75 Å². The molecule has 0 fully saturated rings. The number of hydrogen-bond donors (Lipinski definition) is 1. The highest BCUT2D eigenvalue weighted by Crippen LogP contribution is 2.26. The number of hydrogen-bond acceptors (Lipinski definition) is 7. The average Bonchev–Trinajstić information content (AvgIpc) is 3.01. The second-order valence-corrected chi connectivity index (χ2v) is 9.81. The quantitative estimate of drug-likeness (QED) is 0.711. The van der Waals surface area contributed by atoms with E-state index in [1.54, 1.807) is 7.05 Å². The number of methoxy groups -OCH3 is 1. The Morgan fingerprint density at radius 1 is 1.17 bits per heavy atom. The summed E-state index contributed by atoms with van der Waals surface area (Å²) >= 11 is 0. The van der Waals surface area contributed by atoms with Crippen molar-refractivity contribution in [3.63, 3.8) is 0 Å². The van der Waals surface area contributed by atoms with Crippen molar-refractivity contribution >= 4 is 26.0 Å². The Morgan fingerprint density at radius 2 is 1.83 bits per heavy atom. The Bertz CT molecular complexity index is 1230. The zero-order valence-electron chi connectivity index (χ0n) is 15.9. The number of rotatable bonds is 5. The van der Waals surface area contributed by atoms with Crippen molar-refractivity contribution in [3.8, 4) is 5.75 Å². The van der Waals surface area contributed by atoms with E-state index in [0.717, 1.165) is 18.4 Å². The molecular weight excluding hydrogens is 436 g/mol. The topological polar surface area (TPSA) is 139 Å². The van der Waals surface area contributed by atoms with Gasteiger partial charge in [-0.2, -0.15) is 12.8 Å². The Labute approximate surface area is 173 Å². The zero-order valence-corrected chi connectivity index (χ0v) is 17.5. The number of aromatic nitrogens is 2. The summed E-state index contributed by atoms with van der Waals surface area (Å²) in [5.74, 6) is 0.417. The Morgan fingerprint density at radius 3 is 2.37 bits per heavy atom. The van der Waals surface area contributed by atoms with Gasteiger partial charge in [-0.05, 0) is 36.4 Å². The molecule has 30 heavy (non-hydrogen) atoms. The molecule has 0 spiro atoms. The molecule has 2 aromatic rings. The summed E-state index contributed by atoms with van der Waals surface area (Å²) in [7, 11) is -5.40. The van der Waals surface area contributed by atoms with Gasteiger partial charge in [0.25, 0.3) is 10.0 Å². The van der Waals surface area contributed by atoms with Crippen LogP contribution in [0.25, 0.3) is 0 Å². The molecule has 1 aliphatic rings. The molecule has 1 aromatic heterocycles. The fraction of sp³-hybridized carbons (Fsp3) is 0.176. The first-order valence-corrected chi connectivity index (χ1v) is 11.3. The van der Waals surface area contributed by atoms with Crippen LogP contribution in [0.2, 0.25) is 0 Å². The van der Waals surface area contributed by atoms with Gasteiger partial charge in [-0.15, -0.1) is 0 Å². The standard InChI is InChI=1S/C17H18N4O7S2/c1-19-11-16(18-12-19)29(24,25)14-7-9-20(17(22)23)21(10-8-14)30(26,27)15-5-3-13(28-2)4-6-15/h3-8,10-12H,9H2,1-2H3,(H,22,23). The van der Waals surface area contributed by atoms with E-state index < -0.39 is 32.5 Å². The van der Waals surface area contributed by atoms with Gasteiger partial charge < -0.3 is 14.4 Å². The largest absolute Gasteiger partial charge is 0.497 e. The van der Waals surface area contributed by atoms with Gasteiger partial charge in [0.15, 0.2) is 5.03 Å². The molecular formula is C17H18N4O7S2. The van der Waals surface area contributed by atoms with Crippen LogP contribution >= 0.6 is 0 Å². The number of ether oxygens (including phenoxy) is 1. The number of aryl methyl sites for hydroxylation is 1. The first-order valence-electron chi connectivity index (χ1n) is 8.37. The van der Waals surface area contributed by atoms with Gasteiger partial charge in [-0.25, -0.2) is 23.2 Å². The fourth-order valence-electron chi connectivity index (χ4n) is 2.62. The van der Waals surface area contributed by atoms with Gasteiger partial charge in [0, 0.05) is 19.4 Å². The molecule has 0 unspecified atom stereocenters. The minimum atomic E-state index is -4.35. The maximum Gasteiger partial charge on any atom is 0.427 e. The highest BCUT2D eigenvalue weighted by molar-refractivity contribution is 7.95. The smallest absolute Gasteiger partial charge is 0.427 e. The van der Waals surface area contributed by atoms with Gasteiger partial charge in [-0.1, -0.05) is 0 Å². The summed E-state index contributed by atoms with van der Waals surface area (Å²) in [5, 5.41) is 9.75. The minimum Gasteiger partial charge on any atom is -0.497 e. The summed E-state index contributed by atoms with van der Waals surface area (Å²) in [6.07, 6.45) is 4.02. The Kier molecular flexibility index (Phi) is 5.59. The Hall–Kier alpha value is -3.32. The summed E-state index contributed by atoms with van der Waals surface area (Å²) in [6, 6.07) is 5.33. The van der Waals surface area contributed by atoms with E-state index in [1.807, 2.05) is 0 Å². The first-order chi connectivity index (χ1) is 14.1. The molecule has 0 saturated heterocycles. The molecule has 1 aliphatic heterocycles. The molecule has 3 rings (SSSR count). The van der Waals surface area contributed by atoms with E-state index >= 15 is 0 Å². The normalized spacial score (nSPS) is 14.9. The van der Waals surface area contributed by atoms with Gasteiger partial charge in [0.05, 0.1) is 29.8 Å². The number of sulfone groups is 1. The summed E-state index contributed by atoms with van der Waals surface area (Å²) in [4.78, 5) is 15.0. The number of allylic oxidation sites excluding steroid dienone is 1. The average molecular weight is 454 g/mol. The lowest BCUT2D eigenvalue weighted by atomic mass is 10.3. The predicted octanol–water partition coefficient (Wildman–Crippen LogP) is 1.20. The highest BCUT2D eigenvalue weighted by Gasteiger charge is 2.33. The lowest BCUT2D eigenvalue weighted by Crippen LogP contribution is -2.45. The number of carbonyl (C=O) groups is 1. The molecule has 0 bridgehead atoms. The van der Waals surface area contributed by atoms with E-state index in [0.29, 0.717) is 15.2 Å². The molecule has 160 valence electrons. The molecule has 13 heteroatoms. The van der Waals surface area contributed by atoms with Crippen molar-refractivity contribution in [1.82, 2.24) is 19.0 Å². The Balaban J connectivity index is 2.03. The molecule has 0 radical (unpaired) electrons. The number of carboxylic acid groups (broad SMARTS) is 1. The van der Waals surface area contributed by atoms with Crippen LogP contribution in [0.1, 0.15) is 0 Å². The van der Waals surface area contributed by atoms with E-state index in [2.05, 4.69) is 4.98 Å². The van der Waals surface area contributed by atoms with Crippen LogP contribution in [-0.4, -0.2) is 60.7 Å². The summed E-state index contributed by atoms with van der Waals surface area (Å²) < 4.78 is 58.5. The maximum absolute atomic E-state index is 13.0. The number of hydrazine groups is 1. The van der Waals surface area contributed by atoms with Gasteiger partial charge >= 0.3 is 6.09 Å². The number of nitrogens with zero attached hydrogens (tertiary/aromatic N) is 4. The number of sulfonamides is 1. The number of amides is 1. The molecule has 1 N–H and O–H groups in total. The SMILES string of the molecule is COc1ccc(S(=O)(=O)N2C=CC(S(=O)(=O)c3cn(C)cn3)=CCN2C(=O)O)cc1. The molecule has 2 heterocycles. The monoisotopic (exact) mass is 454 g/mol. The minimum absolute atomic E-state index is 0.199. The van der Waals surface area contributed by atoms with Crippen LogP contribution < -0.4 is 4.74 Å². The van der Waals surface area contributed by atoms with Crippen LogP contribution in [-0.2, 0) is 26.9 Å². The van der Waals surface area contributed by atoms with Crippen molar-refractivity contribution in [1.29, 1.82) is 0 Å². The van der Waals surface area contributed by atoms with Gasteiger partial charge in [0.2, 0.25) is 9.84 Å². The highest BCUT2D eigenvalue weighted by atomic mass is 32.2. The lowest BCUT2D eigenvalue weighted by Gasteiger charge is -2.29. The zero-order chi connectivity index (χ0) is 22.1. The first kappa shape index (κ1) is 21.4. The lowest BCUT2D eigenvalue weighted by molar-refractivity contribution is 0.0909. The van der Waals surface area contributed by atoms with Crippen LogP contribution in [0.15, 0.2) is 70.0 Å². The van der Waals surface area contributed by atoms with E-state index in [9.17, 15) is 26.7 Å². The molecule has 0 atom stereocenters. The number of benzene rings is 1. The third kappa shape index (κ3) is 3.89. The molecule has 0 aliphatic carbocycles. The van der Waals surface area contributed by atoms with Gasteiger partial charge in [0.1, 0.15) is 5.75 Å². The molecule has 1 amide bonds. The van der Waals surface area contributed by atoms with Crippen LogP contribution in [0.3, 0.4) is 0 Å². The van der Waals surface area contributed by atoms with Crippen molar-refractivity contribution < 1.29 is 31.5 Å². The third-order valence-electron chi connectivity index (χ3n) is 4.16.